The fraction of sp³-hybridized carbons (Fsp3) is 0. The highest BCUT2D eigenvalue weighted by Gasteiger charge is 2.13. The fourth-order valence-corrected chi connectivity index (χ4v) is 2.51. The maximum absolute atomic E-state index is 12.6. The highest BCUT2D eigenvalue weighted by molar-refractivity contribution is 6.42. The van der Waals surface area contributed by atoms with Crippen molar-refractivity contribution < 1.29 is 4.79 Å². The molecule has 3 rings (SSSR count). The van der Waals surface area contributed by atoms with Gasteiger partial charge in [0.15, 0.2) is 5.78 Å². The van der Waals surface area contributed by atoms with Crippen molar-refractivity contribution in [3.05, 3.63) is 81.8 Å². The third-order valence-corrected chi connectivity index (χ3v) is 3.96. The molecule has 0 heterocycles. The van der Waals surface area contributed by atoms with Crippen molar-refractivity contribution in [3.8, 4) is 0 Å². The van der Waals surface area contributed by atoms with E-state index in [-0.39, 0.29) is 5.78 Å². The first-order chi connectivity index (χ1) is 9.66. The Hall–Kier alpha value is -1.83. The number of benzene rings is 3. The molecule has 20 heavy (non-hydrogen) atoms. The number of hydrogen-bond donors (Lipinski definition) is 0. The normalized spacial score (nSPS) is 10.7. The first-order valence-corrected chi connectivity index (χ1v) is 6.90. The Balaban J connectivity index is 2.15. The summed E-state index contributed by atoms with van der Waals surface area (Å²) >= 11 is 11.9. The topological polar surface area (TPSA) is 17.1 Å². The highest BCUT2D eigenvalue weighted by Crippen LogP contribution is 2.26. The van der Waals surface area contributed by atoms with Crippen LogP contribution < -0.4 is 0 Å². The van der Waals surface area contributed by atoms with Crippen molar-refractivity contribution in [1.82, 2.24) is 0 Å². The number of fused-ring (bicyclic) bond motifs is 1. The first-order valence-electron chi connectivity index (χ1n) is 6.14. The van der Waals surface area contributed by atoms with Crippen LogP contribution in [0.1, 0.15) is 15.9 Å². The summed E-state index contributed by atoms with van der Waals surface area (Å²) in [4.78, 5) is 12.6. The molecule has 1 nitrogen and oxygen atoms in total. The molecule has 0 amide bonds. The summed E-state index contributed by atoms with van der Waals surface area (Å²) in [5.41, 5.74) is 1.21. The maximum atomic E-state index is 12.6. The van der Waals surface area contributed by atoms with Crippen molar-refractivity contribution in [1.29, 1.82) is 0 Å². The third-order valence-electron chi connectivity index (χ3n) is 3.22. The van der Waals surface area contributed by atoms with Gasteiger partial charge in [-0.05, 0) is 29.0 Å². The molecule has 3 aromatic carbocycles. The molecule has 0 unspecified atom stereocenters. The van der Waals surface area contributed by atoms with Gasteiger partial charge in [-0.25, -0.2) is 0 Å². The van der Waals surface area contributed by atoms with E-state index in [1.807, 2.05) is 42.5 Å². The lowest BCUT2D eigenvalue weighted by molar-refractivity contribution is 0.104. The SMILES string of the molecule is O=C(c1ccc(Cl)c(Cl)c1)c1cccc2ccccc12. The summed E-state index contributed by atoms with van der Waals surface area (Å²) in [6.45, 7) is 0. The lowest BCUT2D eigenvalue weighted by Crippen LogP contribution is -2.02. The van der Waals surface area contributed by atoms with Gasteiger partial charge in [-0.15, -0.1) is 0 Å². The van der Waals surface area contributed by atoms with E-state index < -0.39 is 0 Å². The van der Waals surface area contributed by atoms with Gasteiger partial charge in [-0.2, -0.15) is 0 Å². The Labute approximate surface area is 126 Å². The van der Waals surface area contributed by atoms with E-state index in [2.05, 4.69) is 0 Å². The molecule has 0 fully saturated rings. The molecule has 0 aliphatic carbocycles. The largest absolute Gasteiger partial charge is 0.289 e. The van der Waals surface area contributed by atoms with E-state index in [9.17, 15) is 4.79 Å². The zero-order valence-electron chi connectivity index (χ0n) is 10.4. The van der Waals surface area contributed by atoms with Gasteiger partial charge in [0.05, 0.1) is 10.0 Å². The average Bonchev–Trinajstić information content (AvgIpc) is 2.49. The van der Waals surface area contributed by atoms with Gasteiger partial charge in [0.1, 0.15) is 0 Å². The molecule has 0 aliphatic heterocycles. The highest BCUT2D eigenvalue weighted by atomic mass is 35.5. The van der Waals surface area contributed by atoms with E-state index >= 15 is 0 Å². The number of hydrogen-bond acceptors (Lipinski definition) is 1. The Bertz CT molecular complexity index is 804. The smallest absolute Gasteiger partial charge is 0.193 e. The molecule has 0 N–H and O–H groups in total. The number of rotatable bonds is 2. The molecule has 0 atom stereocenters. The van der Waals surface area contributed by atoms with Crippen LogP contribution in [0.5, 0.6) is 0 Å². The van der Waals surface area contributed by atoms with Crippen LogP contribution in [0.4, 0.5) is 0 Å². The molecule has 0 spiro atoms. The van der Waals surface area contributed by atoms with E-state index in [1.165, 1.54) is 0 Å². The molecule has 98 valence electrons. The summed E-state index contributed by atoms with van der Waals surface area (Å²) < 4.78 is 0. The van der Waals surface area contributed by atoms with Crippen molar-refractivity contribution in [3.63, 3.8) is 0 Å². The van der Waals surface area contributed by atoms with Crippen molar-refractivity contribution in [2.24, 2.45) is 0 Å². The fourth-order valence-electron chi connectivity index (χ4n) is 2.22. The molecular formula is C17H10Cl2O. The van der Waals surface area contributed by atoms with Crippen LogP contribution in [-0.4, -0.2) is 5.78 Å². The molecule has 0 aromatic heterocycles. The number of halogens is 2. The predicted octanol–water partition coefficient (Wildman–Crippen LogP) is 5.38. The Morgan fingerprint density at radius 3 is 2.35 bits per heavy atom. The summed E-state index contributed by atoms with van der Waals surface area (Å²) in [6.07, 6.45) is 0. The van der Waals surface area contributed by atoms with Crippen LogP contribution in [-0.2, 0) is 0 Å². The first kappa shape index (κ1) is 13.2. The van der Waals surface area contributed by atoms with Crippen LogP contribution >= 0.6 is 23.2 Å². The molecule has 0 saturated heterocycles. The summed E-state index contributed by atoms with van der Waals surface area (Å²) in [7, 11) is 0. The monoisotopic (exact) mass is 300 g/mol. The molecule has 0 aliphatic rings. The van der Waals surface area contributed by atoms with Gasteiger partial charge in [0.2, 0.25) is 0 Å². The van der Waals surface area contributed by atoms with Gasteiger partial charge >= 0.3 is 0 Å². The van der Waals surface area contributed by atoms with E-state index in [0.29, 0.717) is 21.2 Å². The maximum Gasteiger partial charge on any atom is 0.193 e. The van der Waals surface area contributed by atoms with Crippen LogP contribution in [0.3, 0.4) is 0 Å². The molecule has 0 radical (unpaired) electrons. The minimum atomic E-state index is -0.0552. The van der Waals surface area contributed by atoms with Crippen LogP contribution in [0.25, 0.3) is 10.8 Å². The lowest BCUT2D eigenvalue weighted by Gasteiger charge is -2.06. The second kappa shape index (κ2) is 5.28. The van der Waals surface area contributed by atoms with E-state index in [0.717, 1.165) is 10.8 Å². The molecular weight excluding hydrogens is 291 g/mol. The zero-order chi connectivity index (χ0) is 14.1. The second-order valence-corrected chi connectivity index (χ2v) is 5.30. The lowest BCUT2D eigenvalue weighted by atomic mass is 9.97. The van der Waals surface area contributed by atoms with Gasteiger partial charge < -0.3 is 0 Å². The number of carbonyl (C=O) groups is 1. The Morgan fingerprint density at radius 2 is 1.55 bits per heavy atom. The predicted molar refractivity (Wildman–Crippen MR) is 83.8 cm³/mol. The van der Waals surface area contributed by atoms with Crippen LogP contribution in [0.15, 0.2) is 60.7 Å². The second-order valence-electron chi connectivity index (χ2n) is 4.48. The van der Waals surface area contributed by atoms with Gasteiger partial charge in [-0.3, -0.25) is 4.79 Å². The average molecular weight is 301 g/mol. The molecule has 0 bridgehead atoms. The number of carbonyl (C=O) groups excluding carboxylic acids is 1. The minimum Gasteiger partial charge on any atom is -0.289 e. The number of ketones is 1. The van der Waals surface area contributed by atoms with E-state index in [4.69, 9.17) is 23.2 Å². The van der Waals surface area contributed by atoms with E-state index in [1.54, 1.807) is 18.2 Å². The quantitative estimate of drug-likeness (QED) is 0.581. The molecule has 3 heteroatoms. The molecule has 3 aromatic rings. The summed E-state index contributed by atoms with van der Waals surface area (Å²) in [6, 6.07) is 18.4. The van der Waals surface area contributed by atoms with Crippen molar-refractivity contribution in [2.75, 3.05) is 0 Å². The zero-order valence-corrected chi connectivity index (χ0v) is 11.9. The van der Waals surface area contributed by atoms with Crippen LogP contribution in [0.2, 0.25) is 10.0 Å². The molecule has 0 saturated carbocycles. The van der Waals surface area contributed by atoms with Crippen molar-refractivity contribution in [2.45, 2.75) is 0 Å². The standard InChI is InChI=1S/C17H10Cl2O/c18-15-9-8-12(10-16(15)19)17(20)14-7-3-5-11-4-1-2-6-13(11)14/h1-10H. The van der Waals surface area contributed by atoms with Gasteiger partial charge in [-0.1, -0.05) is 65.7 Å². The Kier molecular flexibility index (Phi) is 3.47. The van der Waals surface area contributed by atoms with Gasteiger partial charge in [0, 0.05) is 11.1 Å². The van der Waals surface area contributed by atoms with Crippen LogP contribution in [0, 0.1) is 0 Å². The summed E-state index contributed by atoms with van der Waals surface area (Å²) in [5.74, 6) is -0.0552. The third kappa shape index (κ3) is 2.31. The Morgan fingerprint density at radius 1 is 0.800 bits per heavy atom. The summed E-state index contributed by atoms with van der Waals surface area (Å²) in [5, 5.41) is 2.81. The van der Waals surface area contributed by atoms with Crippen molar-refractivity contribution >= 4 is 39.8 Å². The van der Waals surface area contributed by atoms with Gasteiger partial charge in [0.25, 0.3) is 0 Å². The minimum absolute atomic E-state index is 0.0552.